The Morgan fingerprint density at radius 2 is 1.81 bits per heavy atom. The number of aryl methyl sites for hydroxylation is 1. The summed E-state index contributed by atoms with van der Waals surface area (Å²) in [5, 5.41) is 3.16. The largest absolute Gasteiger partial charge is 0.454 e. The molecule has 0 spiro atoms. The summed E-state index contributed by atoms with van der Waals surface area (Å²) >= 11 is 5.86. The molecule has 1 aliphatic carbocycles. The summed E-state index contributed by atoms with van der Waals surface area (Å²) < 4.78 is 4.91. The van der Waals surface area contributed by atoms with Gasteiger partial charge in [-0.2, -0.15) is 0 Å². The Kier molecular flexibility index (Phi) is 5.60. The van der Waals surface area contributed by atoms with E-state index in [9.17, 15) is 19.2 Å². The van der Waals surface area contributed by atoms with E-state index in [2.05, 4.69) is 5.32 Å². The zero-order valence-electron chi connectivity index (χ0n) is 14.7. The van der Waals surface area contributed by atoms with Gasteiger partial charge in [0.25, 0.3) is 5.91 Å². The van der Waals surface area contributed by atoms with Crippen molar-refractivity contribution in [3.05, 3.63) is 40.9 Å². The molecule has 3 amide bonds. The van der Waals surface area contributed by atoms with Crippen LogP contribution in [0.5, 0.6) is 0 Å². The number of amides is 3. The highest BCUT2D eigenvalue weighted by atomic mass is 35.5. The van der Waals surface area contributed by atoms with Crippen molar-refractivity contribution in [2.45, 2.75) is 19.8 Å². The van der Waals surface area contributed by atoms with Crippen molar-refractivity contribution in [1.82, 2.24) is 4.90 Å². The van der Waals surface area contributed by atoms with Crippen LogP contribution in [0, 0.1) is 18.8 Å². The van der Waals surface area contributed by atoms with Crippen molar-refractivity contribution in [1.29, 1.82) is 0 Å². The maximum absolute atomic E-state index is 12.3. The summed E-state index contributed by atoms with van der Waals surface area (Å²) in [6.07, 6.45) is 4.75. The lowest BCUT2D eigenvalue weighted by Crippen LogP contribution is -2.37. The molecule has 1 aliphatic heterocycles. The smallest absolute Gasteiger partial charge is 0.326 e. The molecule has 2 aliphatic rings. The maximum Gasteiger partial charge on any atom is 0.326 e. The highest BCUT2D eigenvalue weighted by molar-refractivity contribution is 6.30. The van der Waals surface area contributed by atoms with E-state index in [0.717, 1.165) is 10.5 Å². The van der Waals surface area contributed by atoms with Gasteiger partial charge in [0.2, 0.25) is 11.8 Å². The van der Waals surface area contributed by atoms with Crippen LogP contribution in [0.25, 0.3) is 0 Å². The number of rotatable bonds is 5. The lowest BCUT2D eigenvalue weighted by Gasteiger charge is -2.14. The van der Waals surface area contributed by atoms with E-state index >= 15 is 0 Å². The number of benzene rings is 1. The second-order valence-corrected chi connectivity index (χ2v) is 7.02. The van der Waals surface area contributed by atoms with E-state index in [0.29, 0.717) is 23.6 Å². The molecule has 0 bridgehead atoms. The zero-order chi connectivity index (χ0) is 19.6. The van der Waals surface area contributed by atoms with Gasteiger partial charge in [-0.05, 0) is 43.5 Å². The van der Waals surface area contributed by atoms with Crippen molar-refractivity contribution in [2.75, 3.05) is 18.5 Å². The number of nitrogens with one attached hydrogen (secondary N) is 1. The van der Waals surface area contributed by atoms with Crippen LogP contribution in [0.2, 0.25) is 5.02 Å². The minimum atomic E-state index is -0.800. The first kappa shape index (κ1) is 19.1. The Hall–Kier alpha value is -2.67. The van der Waals surface area contributed by atoms with Gasteiger partial charge in [0.15, 0.2) is 6.61 Å². The predicted octanol–water partition coefficient (Wildman–Crippen LogP) is 2.08. The van der Waals surface area contributed by atoms with Gasteiger partial charge < -0.3 is 10.1 Å². The molecular formula is C19H19ClN2O5. The monoisotopic (exact) mass is 390 g/mol. The Morgan fingerprint density at radius 1 is 1.19 bits per heavy atom. The predicted molar refractivity (Wildman–Crippen MR) is 97.9 cm³/mol. The van der Waals surface area contributed by atoms with Gasteiger partial charge in [0, 0.05) is 10.7 Å². The van der Waals surface area contributed by atoms with Gasteiger partial charge in [-0.1, -0.05) is 23.8 Å². The molecule has 1 aromatic rings. The molecule has 27 heavy (non-hydrogen) atoms. The summed E-state index contributed by atoms with van der Waals surface area (Å²) in [7, 11) is 0. The fourth-order valence-corrected chi connectivity index (χ4v) is 3.53. The van der Waals surface area contributed by atoms with Crippen LogP contribution in [0.3, 0.4) is 0 Å². The summed E-state index contributed by atoms with van der Waals surface area (Å²) in [4.78, 5) is 49.5. The number of likely N-dealkylation sites (tertiary alicyclic amines) is 1. The molecule has 0 unspecified atom stereocenters. The molecule has 1 saturated heterocycles. The van der Waals surface area contributed by atoms with E-state index < -0.39 is 36.9 Å². The molecular weight excluding hydrogens is 372 g/mol. The van der Waals surface area contributed by atoms with Gasteiger partial charge in [0.05, 0.1) is 11.8 Å². The number of halogens is 1. The Balaban J connectivity index is 1.50. The summed E-state index contributed by atoms with van der Waals surface area (Å²) in [6, 6.07) is 4.98. The number of allylic oxidation sites excluding steroid dienone is 2. The molecule has 8 heteroatoms. The fraction of sp³-hybridized carbons (Fsp3) is 0.368. The van der Waals surface area contributed by atoms with Crippen molar-refractivity contribution in [2.24, 2.45) is 11.8 Å². The minimum absolute atomic E-state index is 0.354. The van der Waals surface area contributed by atoms with Gasteiger partial charge in [-0.25, -0.2) is 0 Å². The highest BCUT2D eigenvalue weighted by Gasteiger charge is 2.47. The van der Waals surface area contributed by atoms with Crippen LogP contribution in [0.1, 0.15) is 18.4 Å². The number of ether oxygens (including phenoxy) is 1. The van der Waals surface area contributed by atoms with E-state index in [1.165, 1.54) is 0 Å². The average Bonchev–Trinajstić information content (AvgIpc) is 2.88. The molecule has 0 radical (unpaired) electrons. The molecule has 1 N–H and O–H groups in total. The second kappa shape index (κ2) is 7.92. The number of esters is 1. The molecule has 0 saturated carbocycles. The molecule has 0 aromatic heterocycles. The topological polar surface area (TPSA) is 92.8 Å². The third-order valence-electron chi connectivity index (χ3n) is 4.71. The van der Waals surface area contributed by atoms with Gasteiger partial charge in [-0.3, -0.25) is 24.1 Å². The third-order valence-corrected chi connectivity index (χ3v) is 4.95. The molecule has 7 nitrogen and oxygen atoms in total. The highest BCUT2D eigenvalue weighted by Crippen LogP contribution is 2.34. The first-order valence-corrected chi connectivity index (χ1v) is 8.96. The molecule has 1 fully saturated rings. The van der Waals surface area contributed by atoms with E-state index in [1.807, 2.05) is 12.2 Å². The average molecular weight is 391 g/mol. The van der Waals surface area contributed by atoms with Crippen LogP contribution in [-0.4, -0.2) is 41.7 Å². The number of hydrogen-bond donors (Lipinski definition) is 1. The van der Waals surface area contributed by atoms with Crippen LogP contribution < -0.4 is 5.32 Å². The fourth-order valence-electron chi connectivity index (χ4n) is 3.30. The summed E-state index contributed by atoms with van der Waals surface area (Å²) in [6.45, 7) is 0.801. The zero-order valence-corrected chi connectivity index (χ0v) is 15.5. The number of nitrogens with zero attached hydrogens (tertiary/aromatic N) is 1. The number of anilines is 1. The standard InChI is InChI=1S/C19H19ClN2O5/c1-11-8-12(20)6-7-15(11)21-16(23)10-27-17(24)9-22-18(25)13-4-2-3-5-14(13)19(22)26/h2-3,6-8,13-14H,4-5,9-10H2,1H3,(H,21,23)/t13-,14-/m0/s1. The van der Waals surface area contributed by atoms with Crippen molar-refractivity contribution in [3.8, 4) is 0 Å². The number of carbonyl (C=O) groups is 4. The summed E-state index contributed by atoms with van der Waals surface area (Å²) in [5.74, 6) is -2.82. The molecule has 1 heterocycles. The van der Waals surface area contributed by atoms with Crippen molar-refractivity contribution < 1.29 is 23.9 Å². The first-order chi connectivity index (χ1) is 12.9. The SMILES string of the molecule is Cc1cc(Cl)ccc1NC(=O)COC(=O)CN1C(=O)[C@H]2CC=CC[C@@H]2C1=O. The molecule has 142 valence electrons. The minimum Gasteiger partial charge on any atom is -0.454 e. The van der Waals surface area contributed by atoms with Crippen LogP contribution in [0.15, 0.2) is 30.4 Å². The number of carbonyl (C=O) groups excluding carboxylic acids is 4. The van der Waals surface area contributed by atoms with Crippen molar-refractivity contribution in [3.63, 3.8) is 0 Å². The quantitative estimate of drug-likeness (QED) is 0.472. The van der Waals surface area contributed by atoms with E-state index in [1.54, 1.807) is 25.1 Å². The number of imide groups is 1. The lowest BCUT2D eigenvalue weighted by atomic mass is 9.85. The van der Waals surface area contributed by atoms with Crippen LogP contribution >= 0.6 is 11.6 Å². The number of hydrogen-bond acceptors (Lipinski definition) is 5. The van der Waals surface area contributed by atoms with E-state index in [4.69, 9.17) is 16.3 Å². The Morgan fingerprint density at radius 3 is 2.41 bits per heavy atom. The first-order valence-electron chi connectivity index (χ1n) is 8.58. The van der Waals surface area contributed by atoms with Crippen LogP contribution in [-0.2, 0) is 23.9 Å². The van der Waals surface area contributed by atoms with Gasteiger partial charge in [-0.15, -0.1) is 0 Å². The molecule has 1 aromatic carbocycles. The summed E-state index contributed by atoms with van der Waals surface area (Å²) in [5.41, 5.74) is 1.33. The molecule has 2 atom stereocenters. The van der Waals surface area contributed by atoms with E-state index in [-0.39, 0.29) is 11.8 Å². The third kappa shape index (κ3) is 4.19. The maximum atomic E-state index is 12.3. The van der Waals surface area contributed by atoms with Gasteiger partial charge in [0.1, 0.15) is 6.54 Å². The Bertz CT molecular complexity index is 809. The normalized spacial score (nSPS) is 21.2. The number of fused-ring (bicyclic) bond motifs is 1. The van der Waals surface area contributed by atoms with Crippen LogP contribution in [0.4, 0.5) is 5.69 Å². The van der Waals surface area contributed by atoms with Gasteiger partial charge >= 0.3 is 5.97 Å². The second-order valence-electron chi connectivity index (χ2n) is 6.59. The Labute approximate surface area is 161 Å². The lowest BCUT2D eigenvalue weighted by molar-refractivity contribution is -0.154. The molecule has 3 rings (SSSR count). The van der Waals surface area contributed by atoms with Crippen molar-refractivity contribution >= 4 is 41.0 Å².